The largest absolute Gasteiger partial charge is 0.512 e. The van der Waals surface area contributed by atoms with Crippen LogP contribution in [0.5, 0.6) is 0 Å². The standard InChI is InChI=1S/C31H33F3N2O5S.C2H6/c1-3-16-30(17-15-21-9-6-5-7-10-21)19-26(37)28(29(38)41-30)25(4-2)22-11-8-12-24(18-22)36-42(39,40)27-14-13-23(20-35-27)31(32,33)34;1-2/h5-14,18,20,25,36-37H,3-4,15-17,19H2,1-2H3;1-2H3/t25-,30-;/m1./s1. The van der Waals surface area contributed by atoms with Crippen molar-refractivity contribution in [3.63, 3.8) is 0 Å². The van der Waals surface area contributed by atoms with Crippen molar-refractivity contribution in [3.05, 3.63) is 101 Å². The van der Waals surface area contributed by atoms with E-state index in [2.05, 4.69) is 9.71 Å². The van der Waals surface area contributed by atoms with Crippen molar-refractivity contribution in [1.29, 1.82) is 0 Å². The molecule has 1 aromatic heterocycles. The van der Waals surface area contributed by atoms with Crippen LogP contribution in [0.2, 0.25) is 0 Å². The van der Waals surface area contributed by atoms with Crippen LogP contribution in [0.25, 0.3) is 0 Å². The average molecular weight is 633 g/mol. The number of rotatable bonds is 11. The number of aliphatic hydroxyl groups excluding tert-OH is 1. The Morgan fingerprint density at radius 3 is 2.30 bits per heavy atom. The highest BCUT2D eigenvalue weighted by molar-refractivity contribution is 7.92. The van der Waals surface area contributed by atoms with Gasteiger partial charge < -0.3 is 9.84 Å². The van der Waals surface area contributed by atoms with Gasteiger partial charge in [-0.2, -0.15) is 21.6 Å². The Balaban J connectivity index is 0.00000259. The second-order valence-electron chi connectivity index (χ2n) is 10.4. The van der Waals surface area contributed by atoms with Gasteiger partial charge in [-0.1, -0.05) is 76.6 Å². The summed E-state index contributed by atoms with van der Waals surface area (Å²) in [4.78, 5) is 16.9. The third-order valence-electron chi connectivity index (χ3n) is 7.38. The second-order valence-corrected chi connectivity index (χ2v) is 12.0. The fourth-order valence-electron chi connectivity index (χ4n) is 5.37. The summed E-state index contributed by atoms with van der Waals surface area (Å²) in [6.07, 6.45) is -1.00. The number of nitrogens with zero attached hydrogens (tertiary/aromatic N) is 1. The van der Waals surface area contributed by atoms with Gasteiger partial charge in [0, 0.05) is 24.2 Å². The van der Waals surface area contributed by atoms with Crippen molar-refractivity contribution in [1.82, 2.24) is 4.98 Å². The minimum Gasteiger partial charge on any atom is -0.512 e. The molecule has 0 unspecified atom stereocenters. The predicted molar refractivity (Wildman–Crippen MR) is 164 cm³/mol. The molecule has 3 aromatic rings. The molecule has 0 fully saturated rings. The number of pyridine rings is 1. The molecule has 0 saturated heterocycles. The molecule has 0 amide bonds. The molecule has 2 heterocycles. The number of aromatic nitrogens is 1. The number of esters is 1. The number of aryl methyl sites for hydroxylation is 1. The van der Waals surface area contributed by atoms with Gasteiger partial charge in [-0.3, -0.25) is 4.72 Å². The maximum atomic E-state index is 13.4. The van der Waals surface area contributed by atoms with E-state index in [1.54, 1.807) is 12.1 Å². The Hall–Kier alpha value is -3.86. The molecule has 0 bridgehead atoms. The highest BCUT2D eigenvalue weighted by atomic mass is 32.2. The first kappa shape index (κ1) is 34.6. The van der Waals surface area contributed by atoms with Crippen molar-refractivity contribution in [2.75, 3.05) is 4.72 Å². The molecule has 1 aliphatic heterocycles. The number of carbonyl (C=O) groups excluding carboxylic acids is 1. The van der Waals surface area contributed by atoms with Crippen molar-refractivity contribution in [2.24, 2.45) is 0 Å². The fraction of sp³-hybridized carbons (Fsp3) is 0.394. The van der Waals surface area contributed by atoms with Crippen LogP contribution in [0.3, 0.4) is 0 Å². The average Bonchev–Trinajstić information content (AvgIpc) is 2.99. The minimum absolute atomic E-state index is 0.0421. The van der Waals surface area contributed by atoms with Crippen LogP contribution in [-0.4, -0.2) is 30.1 Å². The smallest absolute Gasteiger partial charge is 0.417 e. The molecule has 1 aliphatic rings. The molecule has 2 atom stereocenters. The zero-order valence-corrected chi connectivity index (χ0v) is 26.1. The van der Waals surface area contributed by atoms with Gasteiger partial charge in [0.15, 0.2) is 5.03 Å². The number of hydrogen-bond acceptors (Lipinski definition) is 6. The van der Waals surface area contributed by atoms with Crippen molar-refractivity contribution < 1.29 is 36.2 Å². The van der Waals surface area contributed by atoms with E-state index in [0.29, 0.717) is 43.5 Å². The van der Waals surface area contributed by atoms with Crippen molar-refractivity contribution in [2.45, 2.75) is 88.9 Å². The molecule has 11 heteroatoms. The van der Waals surface area contributed by atoms with Crippen LogP contribution in [0, 0.1) is 0 Å². The summed E-state index contributed by atoms with van der Waals surface area (Å²) in [5.41, 5.74) is 0.0252. The SMILES string of the molecule is CC.CCC[C@@]1(CCc2ccccc2)CC(O)=C([C@H](CC)c2cccc(NS(=O)(=O)c3ccc(C(F)(F)F)cn3)c2)C(=O)O1. The number of halogens is 3. The lowest BCUT2D eigenvalue weighted by Crippen LogP contribution is -2.41. The number of anilines is 1. The number of nitrogens with one attached hydrogen (secondary N) is 1. The molecule has 4 rings (SSSR count). The molecule has 238 valence electrons. The lowest BCUT2D eigenvalue weighted by molar-refractivity contribution is -0.161. The highest BCUT2D eigenvalue weighted by Gasteiger charge is 2.43. The summed E-state index contributed by atoms with van der Waals surface area (Å²) < 4.78 is 72.6. The Kier molecular flexibility index (Phi) is 11.6. The van der Waals surface area contributed by atoms with Gasteiger partial charge in [-0.25, -0.2) is 9.78 Å². The molecule has 0 radical (unpaired) electrons. The molecular formula is C33H39F3N2O5S. The number of ether oxygens (including phenoxy) is 1. The summed E-state index contributed by atoms with van der Waals surface area (Å²) >= 11 is 0. The van der Waals surface area contributed by atoms with Gasteiger partial charge in [-0.15, -0.1) is 0 Å². The van der Waals surface area contributed by atoms with Crippen LogP contribution < -0.4 is 4.72 Å². The Labute approximate surface area is 257 Å². The summed E-state index contributed by atoms with van der Waals surface area (Å²) in [5.74, 6) is -1.23. The van der Waals surface area contributed by atoms with Gasteiger partial charge in [-0.05, 0) is 61.1 Å². The van der Waals surface area contributed by atoms with E-state index in [1.165, 1.54) is 12.1 Å². The minimum atomic E-state index is -4.65. The summed E-state index contributed by atoms with van der Waals surface area (Å²) in [6, 6.07) is 17.6. The Morgan fingerprint density at radius 1 is 1.02 bits per heavy atom. The first-order chi connectivity index (χ1) is 20.9. The number of benzene rings is 2. The maximum Gasteiger partial charge on any atom is 0.417 e. The van der Waals surface area contributed by atoms with Gasteiger partial charge in [0.05, 0.1) is 11.1 Å². The first-order valence-electron chi connectivity index (χ1n) is 14.7. The van der Waals surface area contributed by atoms with Crippen LogP contribution in [0.1, 0.15) is 82.4 Å². The molecule has 0 aliphatic carbocycles. The number of sulfonamides is 1. The van der Waals surface area contributed by atoms with Gasteiger partial charge >= 0.3 is 12.1 Å². The number of cyclic esters (lactones) is 1. The van der Waals surface area contributed by atoms with E-state index in [0.717, 1.165) is 18.1 Å². The van der Waals surface area contributed by atoms with Crippen molar-refractivity contribution in [3.8, 4) is 0 Å². The quantitative estimate of drug-likeness (QED) is 0.206. The van der Waals surface area contributed by atoms with Crippen molar-refractivity contribution >= 4 is 21.7 Å². The third-order valence-corrected chi connectivity index (χ3v) is 8.68. The molecule has 7 nitrogen and oxygen atoms in total. The second kappa shape index (κ2) is 14.7. The van der Waals surface area contributed by atoms with Crippen LogP contribution >= 0.6 is 0 Å². The lowest BCUT2D eigenvalue weighted by atomic mass is 9.80. The third kappa shape index (κ3) is 8.40. The van der Waals surface area contributed by atoms with Crippen LogP contribution in [-0.2, 0) is 32.2 Å². The summed E-state index contributed by atoms with van der Waals surface area (Å²) in [7, 11) is -4.30. The van der Waals surface area contributed by atoms with Gasteiger partial charge in [0.1, 0.15) is 11.4 Å². The van der Waals surface area contributed by atoms with E-state index in [-0.39, 0.29) is 23.4 Å². The Morgan fingerprint density at radius 2 is 1.73 bits per heavy atom. The van der Waals surface area contributed by atoms with Gasteiger partial charge in [0.2, 0.25) is 0 Å². The van der Waals surface area contributed by atoms with E-state index in [9.17, 15) is 31.5 Å². The number of hydrogen-bond donors (Lipinski definition) is 2. The fourth-order valence-corrected chi connectivity index (χ4v) is 6.35. The van der Waals surface area contributed by atoms with E-state index < -0.39 is 44.3 Å². The predicted octanol–water partition coefficient (Wildman–Crippen LogP) is 8.35. The zero-order valence-electron chi connectivity index (χ0n) is 25.3. The van der Waals surface area contributed by atoms with Gasteiger partial charge in [0.25, 0.3) is 10.0 Å². The van der Waals surface area contributed by atoms with E-state index >= 15 is 0 Å². The maximum absolute atomic E-state index is 13.4. The number of carbonyl (C=O) groups is 1. The number of alkyl halides is 3. The topological polar surface area (TPSA) is 106 Å². The van der Waals surface area contributed by atoms with E-state index in [1.807, 2.05) is 58.0 Å². The molecule has 0 saturated carbocycles. The molecule has 2 N–H and O–H groups in total. The number of aliphatic hydroxyl groups is 1. The Bertz CT molecular complexity index is 1540. The first-order valence-corrected chi connectivity index (χ1v) is 16.2. The van der Waals surface area contributed by atoms with E-state index in [4.69, 9.17) is 4.74 Å². The normalized spacial score (nSPS) is 17.8. The zero-order chi connectivity index (χ0) is 32.5. The van der Waals surface area contributed by atoms with Crippen LogP contribution in [0.15, 0.2) is 89.3 Å². The lowest BCUT2D eigenvalue weighted by Gasteiger charge is -2.38. The molecule has 44 heavy (non-hydrogen) atoms. The van der Waals surface area contributed by atoms with Crippen LogP contribution in [0.4, 0.5) is 18.9 Å². The summed E-state index contributed by atoms with van der Waals surface area (Å²) in [6.45, 7) is 7.83. The summed E-state index contributed by atoms with van der Waals surface area (Å²) in [5, 5.41) is 10.6. The molecule has 2 aromatic carbocycles. The molecule has 0 spiro atoms. The monoisotopic (exact) mass is 632 g/mol. The molecular weight excluding hydrogens is 593 g/mol. The highest BCUT2D eigenvalue weighted by Crippen LogP contribution is 2.42.